The number of carbonyl (C=O) groups is 2. The number of ether oxygens (including phenoxy) is 2. The Morgan fingerprint density at radius 3 is 2.55 bits per heavy atom. The van der Waals surface area contributed by atoms with Crippen LogP contribution in [0.3, 0.4) is 0 Å². The first-order valence-electron chi connectivity index (χ1n) is 9.10. The highest BCUT2D eigenvalue weighted by Crippen LogP contribution is 2.31. The molecule has 3 amide bonds. The van der Waals surface area contributed by atoms with Crippen LogP contribution in [0.25, 0.3) is 0 Å². The SMILES string of the molecule is Cc1cccc(COc2ccc(Oc3ccncc3C3NC(=O)NC3=O)cc2)c1. The topological polar surface area (TPSA) is 89.6 Å². The van der Waals surface area contributed by atoms with E-state index in [4.69, 9.17) is 9.47 Å². The molecule has 2 aromatic carbocycles. The number of nitrogens with one attached hydrogen (secondary N) is 2. The number of amides is 3. The fourth-order valence-electron chi connectivity index (χ4n) is 3.04. The second-order valence-electron chi connectivity index (χ2n) is 6.66. The number of rotatable bonds is 6. The highest BCUT2D eigenvalue weighted by molar-refractivity contribution is 6.04. The number of carbonyl (C=O) groups excluding carboxylic acids is 2. The van der Waals surface area contributed by atoms with Crippen LogP contribution >= 0.6 is 0 Å². The van der Waals surface area contributed by atoms with E-state index < -0.39 is 18.0 Å². The third kappa shape index (κ3) is 4.35. The largest absolute Gasteiger partial charge is 0.489 e. The van der Waals surface area contributed by atoms with Crippen molar-refractivity contribution in [2.45, 2.75) is 19.6 Å². The molecule has 2 heterocycles. The first kappa shape index (κ1) is 18.5. The van der Waals surface area contributed by atoms with Crippen LogP contribution in [0.2, 0.25) is 0 Å². The first-order chi connectivity index (χ1) is 14.1. The predicted octanol–water partition coefficient (Wildman–Crippen LogP) is 3.64. The normalized spacial score (nSPS) is 15.6. The Balaban J connectivity index is 1.44. The Labute approximate surface area is 167 Å². The van der Waals surface area contributed by atoms with Crippen LogP contribution in [-0.4, -0.2) is 16.9 Å². The number of aromatic nitrogens is 1. The van der Waals surface area contributed by atoms with Gasteiger partial charge in [0.15, 0.2) is 0 Å². The van der Waals surface area contributed by atoms with Crippen molar-refractivity contribution in [2.75, 3.05) is 0 Å². The molecule has 1 atom stereocenters. The third-order valence-corrected chi connectivity index (χ3v) is 4.43. The lowest BCUT2D eigenvalue weighted by atomic mass is 10.1. The summed E-state index contributed by atoms with van der Waals surface area (Å²) in [6.45, 7) is 2.52. The maximum Gasteiger partial charge on any atom is 0.322 e. The van der Waals surface area contributed by atoms with Gasteiger partial charge in [0.25, 0.3) is 5.91 Å². The molecular formula is C22H19N3O4. The Bertz CT molecular complexity index is 1050. The molecule has 7 nitrogen and oxygen atoms in total. The van der Waals surface area contributed by atoms with Crippen LogP contribution in [0.15, 0.2) is 67.0 Å². The summed E-state index contributed by atoms with van der Waals surface area (Å²) in [4.78, 5) is 27.4. The van der Waals surface area contributed by atoms with E-state index in [0.29, 0.717) is 23.7 Å². The molecule has 0 saturated carbocycles. The standard InChI is InChI=1S/C22H19N3O4/c1-14-3-2-4-15(11-14)13-28-16-5-7-17(8-6-16)29-19-9-10-23-12-18(19)20-21(26)25-22(27)24-20/h2-12,20H,13H2,1H3,(H2,24,25,26,27). The summed E-state index contributed by atoms with van der Waals surface area (Å²) < 4.78 is 11.7. The van der Waals surface area contributed by atoms with Gasteiger partial charge in [-0.05, 0) is 42.8 Å². The molecule has 1 saturated heterocycles. The van der Waals surface area contributed by atoms with Gasteiger partial charge in [-0.25, -0.2) is 4.79 Å². The molecule has 1 unspecified atom stereocenters. The van der Waals surface area contributed by atoms with Gasteiger partial charge in [-0.1, -0.05) is 29.8 Å². The van der Waals surface area contributed by atoms with E-state index in [0.717, 1.165) is 11.3 Å². The lowest BCUT2D eigenvalue weighted by molar-refractivity contribution is -0.120. The molecule has 1 aliphatic rings. The number of aryl methyl sites for hydroxylation is 1. The summed E-state index contributed by atoms with van der Waals surface area (Å²) in [5.41, 5.74) is 2.77. The Morgan fingerprint density at radius 2 is 1.83 bits per heavy atom. The van der Waals surface area contributed by atoms with E-state index >= 15 is 0 Å². The zero-order chi connectivity index (χ0) is 20.2. The summed E-state index contributed by atoms with van der Waals surface area (Å²) >= 11 is 0. The van der Waals surface area contributed by atoms with E-state index in [2.05, 4.69) is 21.7 Å². The number of nitrogens with zero attached hydrogens (tertiary/aromatic N) is 1. The maximum atomic E-state index is 12.0. The van der Waals surface area contributed by atoms with E-state index in [1.54, 1.807) is 24.4 Å². The molecule has 4 rings (SSSR count). The lowest BCUT2D eigenvalue weighted by Gasteiger charge is -2.14. The molecule has 0 radical (unpaired) electrons. The minimum absolute atomic E-state index is 0.437. The predicted molar refractivity (Wildman–Crippen MR) is 106 cm³/mol. The van der Waals surface area contributed by atoms with Crippen molar-refractivity contribution in [1.29, 1.82) is 0 Å². The molecule has 1 aromatic heterocycles. The molecule has 1 aliphatic heterocycles. The first-order valence-corrected chi connectivity index (χ1v) is 9.10. The zero-order valence-electron chi connectivity index (χ0n) is 15.7. The third-order valence-electron chi connectivity index (χ3n) is 4.43. The van der Waals surface area contributed by atoms with Crippen molar-refractivity contribution < 1.29 is 19.1 Å². The summed E-state index contributed by atoms with van der Waals surface area (Å²) in [5, 5.41) is 4.76. The van der Waals surface area contributed by atoms with E-state index in [1.165, 1.54) is 11.8 Å². The average Bonchev–Trinajstić information content (AvgIpc) is 3.06. The minimum atomic E-state index is -0.830. The van der Waals surface area contributed by atoms with Crippen LogP contribution in [0.4, 0.5) is 4.79 Å². The van der Waals surface area contributed by atoms with Crippen molar-refractivity contribution in [3.63, 3.8) is 0 Å². The summed E-state index contributed by atoms with van der Waals surface area (Å²) in [5.74, 6) is 1.30. The second-order valence-corrected chi connectivity index (χ2v) is 6.66. The van der Waals surface area contributed by atoms with Gasteiger partial charge in [0.2, 0.25) is 0 Å². The lowest BCUT2D eigenvalue weighted by Crippen LogP contribution is -2.22. The monoisotopic (exact) mass is 389 g/mol. The highest BCUT2D eigenvalue weighted by Gasteiger charge is 2.33. The van der Waals surface area contributed by atoms with Crippen LogP contribution in [-0.2, 0) is 11.4 Å². The number of benzene rings is 2. The van der Waals surface area contributed by atoms with Crippen LogP contribution in [0.1, 0.15) is 22.7 Å². The number of hydrogen-bond donors (Lipinski definition) is 2. The minimum Gasteiger partial charge on any atom is -0.489 e. The number of pyridine rings is 1. The molecule has 7 heteroatoms. The van der Waals surface area contributed by atoms with Crippen molar-refractivity contribution in [2.24, 2.45) is 0 Å². The van der Waals surface area contributed by atoms with Gasteiger partial charge in [-0.15, -0.1) is 0 Å². The molecule has 0 aliphatic carbocycles. The summed E-state index contributed by atoms with van der Waals surface area (Å²) in [6, 6.07) is 15.6. The number of urea groups is 1. The fourth-order valence-corrected chi connectivity index (χ4v) is 3.04. The Hall–Kier alpha value is -3.87. The maximum absolute atomic E-state index is 12.0. The fraction of sp³-hybridized carbons (Fsp3) is 0.136. The number of hydrogen-bond acceptors (Lipinski definition) is 5. The summed E-state index contributed by atoms with van der Waals surface area (Å²) in [6.07, 6.45) is 3.07. The zero-order valence-corrected chi connectivity index (χ0v) is 15.7. The molecule has 29 heavy (non-hydrogen) atoms. The van der Waals surface area contributed by atoms with Crippen LogP contribution in [0, 0.1) is 6.92 Å². The molecule has 146 valence electrons. The van der Waals surface area contributed by atoms with Gasteiger partial charge >= 0.3 is 6.03 Å². The molecule has 0 spiro atoms. The van der Waals surface area contributed by atoms with Crippen LogP contribution < -0.4 is 20.1 Å². The second kappa shape index (κ2) is 8.02. The number of imide groups is 1. The molecular weight excluding hydrogens is 370 g/mol. The Kier molecular flexibility index (Phi) is 5.11. The van der Waals surface area contributed by atoms with Crippen molar-refractivity contribution in [3.8, 4) is 17.2 Å². The molecule has 0 bridgehead atoms. The van der Waals surface area contributed by atoms with Gasteiger partial charge < -0.3 is 14.8 Å². The van der Waals surface area contributed by atoms with Gasteiger partial charge in [-0.3, -0.25) is 15.1 Å². The van der Waals surface area contributed by atoms with Gasteiger partial charge in [0, 0.05) is 18.0 Å². The van der Waals surface area contributed by atoms with E-state index in [9.17, 15) is 9.59 Å². The highest BCUT2D eigenvalue weighted by atomic mass is 16.5. The van der Waals surface area contributed by atoms with Gasteiger partial charge in [0.05, 0.1) is 0 Å². The summed E-state index contributed by atoms with van der Waals surface area (Å²) in [7, 11) is 0. The smallest absolute Gasteiger partial charge is 0.322 e. The quantitative estimate of drug-likeness (QED) is 0.628. The van der Waals surface area contributed by atoms with Crippen molar-refractivity contribution >= 4 is 11.9 Å². The molecule has 2 N–H and O–H groups in total. The van der Waals surface area contributed by atoms with Gasteiger partial charge in [0.1, 0.15) is 29.9 Å². The Morgan fingerprint density at radius 1 is 1.03 bits per heavy atom. The van der Waals surface area contributed by atoms with Gasteiger partial charge in [-0.2, -0.15) is 0 Å². The molecule has 1 fully saturated rings. The van der Waals surface area contributed by atoms with E-state index in [1.807, 2.05) is 37.3 Å². The van der Waals surface area contributed by atoms with E-state index in [-0.39, 0.29) is 0 Å². The van der Waals surface area contributed by atoms with Crippen molar-refractivity contribution in [3.05, 3.63) is 83.7 Å². The van der Waals surface area contributed by atoms with Crippen LogP contribution in [0.5, 0.6) is 17.2 Å². The average molecular weight is 389 g/mol. The van der Waals surface area contributed by atoms with Crippen molar-refractivity contribution in [1.82, 2.24) is 15.6 Å². The molecule has 3 aromatic rings.